The van der Waals surface area contributed by atoms with Crippen molar-refractivity contribution in [2.75, 3.05) is 0 Å². The molecular formula is C42H53Cl2F2N9. The highest BCUT2D eigenvalue weighted by Crippen LogP contribution is 2.27. The molecule has 0 saturated heterocycles. The monoisotopic (exact) mass is 791 g/mol. The highest BCUT2D eigenvalue weighted by molar-refractivity contribution is 6.31. The van der Waals surface area contributed by atoms with Crippen molar-refractivity contribution < 1.29 is 8.78 Å². The van der Waals surface area contributed by atoms with E-state index >= 15 is 0 Å². The SMILES string of the molecule is CC(C)(C)c1cc(CN)n(-c2ccc(F)c(Cl)c2)n1.CC(C)(C)c1cc(CN)n(-c2cccc(Cl)c2)n1.CC(C)(C)c1cc(CN)n(-c2cccc(F)c2)n1. The molecule has 3 aromatic carbocycles. The number of nitrogens with two attached hydrogens (primary N) is 3. The Morgan fingerprint density at radius 1 is 0.509 bits per heavy atom. The van der Waals surface area contributed by atoms with Gasteiger partial charge in [-0.2, -0.15) is 15.3 Å². The molecule has 0 aliphatic carbocycles. The van der Waals surface area contributed by atoms with Crippen LogP contribution in [0.4, 0.5) is 8.78 Å². The molecule has 0 aliphatic rings. The molecule has 6 N–H and O–H groups in total. The summed E-state index contributed by atoms with van der Waals surface area (Å²) in [6.07, 6.45) is 0. The number of rotatable bonds is 6. The first-order chi connectivity index (χ1) is 25.7. The highest BCUT2D eigenvalue weighted by atomic mass is 35.5. The van der Waals surface area contributed by atoms with E-state index in [9.17, 15) is 8.78 Å². The summed E-state index contributed by atoms with van der Waals surface area (Å²) in [6.45, 7) is 20.1. The maximum absolute atomic E-state index is 13.3. The van der Waals surface area contributed by atoms with Crippen LogP contribution in [0.5, 0.6) is 0 Å². The third-order valence-electron chi connectivity index (χ3n) is 8.54. The summed E-state index contributed by atoms with van der Waals surface area (Å²) in [7, 11) is 0. The third kappa shape index (κ3) is 11.1. The molecule has 294 valence electrons. The Bertz CT molecular complexity index is 2100. The van der Waals surface area contributed by atoms with Gasteiger partial charge in [0.1, 0.15) is 11.6 Å². The lowest BCUT2D eigenvalue weighted by Crippen LogP contribution is -2.12. The van der Waals surface area contributed by atoms with Gasteiger partial charge in [0.05, 0.1) is 56.2 Å². The Labute approximate surface area is 333 Å². The van der Waals surface area contributed by atoms with E-state index in [1.807, 2.05) is 47.1 Å². The van der Waals surface area contributed by atoms with Gasteiger partial charge in [-0.05, 0) is 72.8 Å². The van der Waals surface area contributed by atoms with Gasteiger partial charge >= 0.3 is 0 Å². The van der Waals surface area contributed by atoms with Crippen LogP contribution in [-0.4, -0.2) is 29.3 Å². The van der Waals surface area contributed by atoms with E-state index in [4.69, 9.17) is 40.4 Å². The van der Waals surface area contributed by atoms with Gasteiger partial charge in [0, 0.05) is 40.9 Å². The summed E-state index contributed by atoms with van der Waals surface area (Å²) >= 11 is 11.8. The Hall–Kier alpha value is -4.39. The minimum Gasteiger partial charge on any atom is -0.325 e. The summed E-state index contributed by atoms with van der Waals surface area (Å²) < 4.78 is 31.8. The van der Waals surface area contributed by atoms with E-state index in [-0.39, 0.29) is 27.1 Å². The molecule has 0 saturated carbocycles. The number of benzene rings is 3. The van der Waals surface area contributed by atoms with Crippen molar-refractivity contribution in [3.8, 4) is 17.1 Å². The molecule has 13 heteroatoms. The van der Waals surface area contributed by atoms with Crippen molar-refractivity contribution in [2.24, 2.45) is 17.2 Å². The second-order valence-corrected chi connectivity index (χ2v) is 17.1. The molecule has 0 atom stereocenters. The molecule has 0 bridgehead atoms. The molecule has 3 heterocycles. The van der Waals surface area contributed by atoms with Crippen LogP contribution < -0.4 is 17.2 Å². The fourth-order valence-corrected chi connectivity index (χ4v) is 5.66. The number of halogens is 4. The predicted octanol–water partition coefficient (Wildman–Crippen LogP) is 9.47. The van der Waals surface area contributed by atoms with Gasteiger partial charge in [0.2, 0.25) is 0 Å². The van der Waals surface area contributed by atoms with Crippen LogP contribution in [0.2, 0.25) is 10.0 Å². The first kappa shape index (κ1) is 43.3. The number of aromatic nitrogens is 6. The van der Waals surface area contributed by atoms with E-state index in [0.29, 0.717) is 36.0 Å². The maximum Gasteiger partial charge on any atom is 0.141 e. The normalized spacial score (nSPS) is 11.9. The first-order valence-corrected chi connectivity index (χ1v) is 18.8. The Balaban J connectivity index is 0.000000184. The molecule has 0 fully saturated rings. The Morgan fingerprint density at radius 3 is 1.24 bits per heavy atom. The molecule has 0 aliphatic heterocycles. The molecular weight excluding hydrogens is 739 g/mol. The van der Waals surface area contributed by atoms with Crippen LogP contribution in [0.1, 0.15) is 96.5 Å². The van der Waals surface area contributed by atoms with Gasteiger partial charge in [-0.25, -0.2) is 22.8 Å². The van der Waals surface area contributed by atoms with E-state index in [1.165, 1.54) is 18.2 Å². The van der Waals surface area contributed by atoms with Gasteiger partial charge in [0.15, 0.2) is 0 Å². The average molecular weight is 793 g/mol. The third-order valence-corrected chi connectivity index (χ3v) is 9.06. The van der Waals surface area contributed by atoms with E-state index in [0.717, 1.165) is 39.9 Å². The maximum atomic E-state index is 13.3. The van der Waals surface area contributed by atoms with Crippen LogP contribution in [0.15, 0.2) is 84.9 Å². The van der Waals surface area contributed by atoms with Crippen molar-refractivity contribution >= 4 is 23.2 Å². The summed E-state index contributed by atoms with van der Waals surface area (Å²) in [5.41, 5.74) is 25.2. The van der Waals surface area contributed by atoms with Crippen LogP contribution in [-0.2, 0) is 35.9 Å². The van der Waals surface area contributed by atoms with Crippen molar-refractivity contribution in [1.29, 1.82) is 0 Å². The van der Waals surface area contributed by atoms with Crippen molar-refractivity contribution in [1.82, 2.24) is 29.3 Å². The summed E-state index contributed by atoms with van der Waals surface area (Å²) in [4.78, 5) is 0. The molecule has 55 heavy (non-hydrogen) atoms. The van der Waals surface area contributed by atoms with Crippen molar-refractivity contribution in [3.05, 3.63) is 141 Å². The van der Waals surface area contributed by atoms with Crippen LogP contribution in [0, 0.1) is 11.6 Å². The minimum atomic E-state index is -0.442. The van der Waals surface area contributed by atoms with E-state index in [1.54, 1.807) is 27.6 Å². The molecule has 0 amide bonds. The topological polar surface area (TPSA) is 132 Å². The molecule has 9 nitrogen and oxygen atoms in total. The van der Waals surface area contributed by atoms with Crippen LogP contribution >= 0.6 is 23.2 Å². The summed E-state index contributed by atoms with van der Waals surface area (Å²) in [5.74, 6) is -0.716. The average Bonchev–Trinajstić information content (AvgIpc) is 3.87. The smallest absolute Gasteiger partial charge is 0.141 e. The number of hydrogen-bond acceptors (Lipinski definition) is 6. The largest absolute Gasteiger partial charge is 0.325 e. The highest BCUT2D eigenvalue weighted by Gasteiger charge is 2.22. The summed E-state index contributed by atoms with van der Waals surface area (Å²) in [6, 6.07) is 24.5. The Kier molecular flexibility index (Phi) is 13.9. The zero-order valence-corrected chi connectivity index (χ0v) is 34.6. The van der Waals surface area contributed by atoms with Crippen LogP contribution in [0.3, 0.4) is 0 Å². The number of nitrogens with zero attached hydrogens (tertiary/aromatic N) is 6. The summed E-state index contributed by atoms with van der Waals surface area (Å²) in [5, 5.41) is 14.5. The number of hydrogen-bond donors (Lipinski definition) is 3. The van der Waals surface area contributed by atoms with Gasteiger partial charge < -0.3 is 17.2 Å². The van der Waals surface area contributed by atoms with E-state index in [2.05, 4.69) is 83.7 Å². The molecule has 6 aromatic rings. The van der Waals surface area contributed by atoms with E-state index < -0.39 is 5.82 Å². The minimum absolute atomic E-state index is 0.00768. The zero-order valence-electron chi connectivity index (χ0n) is 33.1. The van der Waals surface area contributed by atoms with Gasteiger partial charge in [0.25, 0.3) is 0 Å². The molecule has 3 aromatic heterocycles. The lowest BCUT2D eigenvalue weighted by Gasteiger charge is -2.14. The zero-order chi connectivity index (χ0) is 40.9. The molecule has 0 radical (unpaired) electrons. The second kappa shape index (κ2) is 17.6. The standard InChI is InChI=1S/C14H17ClFN3.C14H18ClN3.C14H18FN3/c1-14(2,3)13-7-10(8-17)19(18-13)9-4-5-12(16)11(15)6-9;2*1-14(2,3)13-8-12(9-16)18(17-13)11-6-4-5-10(15)7-11/h4-7H,8,17H2,1-3H3;2*4-8H,9,16H2,1-3H3. The quantitative estimate of drug-likeness (QED) is 0.154. The van der Waals surface area contributed by atoms with Gasteiger partial charge in [-0.1, -0.05) is 97.6 Å². The lowest BCUT2D eigenvalue weighted by molar-refractivity contribution is 0.559. The second-order valence-electron chi connectivity index (χ2n) is 16.2. The van der Waals surface area contributed by atoms with Gasteiger partial charge in [-0.3, -0.25) is 0 Å². The molecule has 0 spiro atoms. The fourth-order valence-electron chi connectivity index (χ4n) is 5.30. The predicted molar refractivity (Wildman–Crippen MR) is 220 cm³/mol. The molecule has 0 unspecified atom stereocenters. The van der Waals surface area contributed by atoms with Gasteiger partial charge in [-0.15, -0.1) is 0 Å². The van der Waals surface area contributed by atoms with Crippen molar-refractivity contribution in [2.45, 2.75) is 98.2 Å². The molecule has 6 rings (SSSR count). The van der Waals surface area contributed by atoms with Crippen molar-refractivity contribution in [3.63, 3.8) is 0 Å². The fraction of sp³-hybridized carbons (Fsp3) is 0.357. The Morgan fingerprint density at radius 2 is 0.891 bits per heavy atom. The first-order valence-electron chi connectivity index (χ1n) is 18.0. The van der Waals surface area contributed by atoms with Crippen LogP contribution in [0.25, 0.3) is 17.1 Å². The lowest BCUT2D eigenvalue weighted by atomic mass is 9.92.